The van der Waals surface area contributed by atoms with E-state index in [9.17, 15) is 4.79 Å². The van der Waals surface area contributed by atoms with Crippen molar-refractivity contribution in [1.82, 2.24) is 15.3 Å². The first-order valence-corrected chi connectivity index (χ1v) is 8.10. The number of hydrogen-bond acceptors (Lipinski definition) is 5. The molecule has 0 aliphatic heterocycles. The highest BCUT2D eigenvalue weighted by Gasteiger charge is 2.07. The third-order valence-electron chi connectivity index (χ3n) is 3.41. The monoisotopic (exact) mass is 328 g/mol. The SMILES string of the molecule is CCCCOc1ccc(C(=O)NCc2ccnc(N(C)C)n2)cc1. The fourth-order valence-electron chi connectivity index (χ4n) is 2.01. The van der Waals surface area contributed by atoms with Gasteiger partial charge in [0.2, 0.25) is 5.95 Å². The Morgan fingerprint density at radius 3 is 2.62 bits per heavy atom. The number of nitrogens with zero attached hydrogens (tertiary/aromatic N) is 3. The van der Waals surface area contributed by atoms with Crippen molar-refractivity contribution in [2.45, 2.75) is 26.3 Å². The molecule has 1 amide bonds. The molecule has 24 heavy (non-hydrogen) atoms. The number of carbonyl (C=O) groups is 1. The minimum atomic E-state index is -0.139. The summed E-state index contributed by atoms with van der Waals surface area (Å²) in [5, 5.41) is 2.86. The van der Waals surface area contributed by atoms with Gasteiger partial charge < -0.3 is 15.0 Å². The molecule has 128 valence electrons. The molecule has 1 N–H and O–H groups in total. The maximum atomic E-state index is 12.2. The number of carbonyl (C=O) groups excluding carboxylic acids is 1. The lowest BCUT2D eigenvalue weighted by Crippen LogP contribution is -2.24. The van der Waals surface area contributed by atoms with Crippen LogP contribution in [0.2, 0.25) is 0 Å². The van der Waals surface area contributed by atoms with Gasteiger partial charge in [0.25, 0.3) is 5.91 Å². The van der Waals surface area contributed by atoms with Crippen molar-refractivity contribution in [2.24, 2.45) is 0 Å². The molecule has 6 nitrogen and oxygen atoms in total. The normalized spacial score (nSPS) is 10.3. The van der Waals surface area contributed by atoms with Gasteiger partial charge in [0.05, 0.1) is 18.8 Å². The lowest BCUT2D eigenvalue weighted by atomic mass is 10.2. The second-order valence-electron chi connectivity index (χ2n) is 5.65. The van der Waals surface area contributed by atoms with Crippen LogP contribution in [0.5, 0.6) is 5.75 Å². The molecule has 0 atom stereocenters. The Morgan fingerprint density at radius 2 is 1.96 bits per heavy atom. The Kier molecular flexibility index (Phi) is 6.54. The minimum absolute atomic E-state index is 0.139. The van der Waals surface area contributed by atoms with Crippen LogP contribution >= 0.6 is 0 Å². The van der Waals surface area contributed by atoms with Crippen molar-refractivity contribution in [1.29, 1.82) is 0 Å². The van der Waals surface area contributed by atoms with Crippen LogP contribution in [0.1, 0.15) is 35.8 Å². The van der Waals surface area contributed by atoms with E-state index in [2.05, 4.69) is 22.2 Å². The van der Waals surface area contributed by atoms with Gasteiger partial charge in [-0.3, -0.25) is 4.79 Å². The molecule has 0 aliphatic rings. The van der Waals surface area contributed by atoms with Gasteiger partial charge in [-0.25, -0.2) is 9.97 Å². The highest BCUT2D eigenvalue weighted by atomic mass is 16.5. The van der Waals surface area contributed by atoms with Crippen molar-refractivity contribution in [3.05, 3.63) is 47.8 Å². The molecule has 6 heteroatoms. The molecule has 0 spiro atoms. The summed E-state index contributed by atoms with van der Waals surface area (Å²) in [6, 6.07) is 8.96. The van der Waals surface area contributed by atoms with E-state index in [0.717, 1.165) is 24.3 Å². The largest absolute Gasteiger partial charge is 0.494 e. The Balaban J connectivity index is 1.89. The van der Waals surface area contributed by atoms with Gasteiger partial charge in [-0.05, 0) is 36.8 Å². The standard InChI is InChI=1S/C18H24N4O2/c1-4-5-12-24-16-8-6-14(7-9-16)17(23)20-13-15-10-11-19-18(21-15)22(2)3/h6-11H,4-5,12-13H2,1-3H3,(H,20,23). The summed E-state index contributed by atoms with van der Waals surface area (Å²) < 4.78 is 5.59. The number of unbranched alkanes of at least 4 members (excludes halogenated alkanes) is 1. The second-order valence-corrected chi connectivity index (χ2v) is 5.65. The summed E-state index contributed by atoms with van der Waals surface area (Å²) in [6.45, 7) is 3.18. The van der Waals surface area contributed by atoms with E-state index in [1.807, 2.05) is 31.1 Å². The molecule has 1 aromatic heterocycles. The van der Waals surface area contributed by atoms with Crippen LogP contribution in [0.15, 0.2) is 36.5 Å². The zero-order valence-corrected chi connectivity index (χ0v) is 14.5. The molecule has 0 saturated carbocycles. The van der Waals surface area contributed by atoms with Gasteiger partial charge in [-0.2, -0.15) is 0 Å². The first-order chi connectivity index (χ1) is 11.6. The van der Waals surface area contributed by atoms with Crippen LogP contribution in [0.4, 0.5) is 5.95 Å². The fraction of sp³-hybridized carbons (Fsp3) is 0.389. The number of amides is 1. The van der Waals surface area contributed by atoms with Gasteiger partial charge in [-0.1, -0.05) is 13.3 Å². The Hall–Kier alpha value is -2.63. The number of ether oxygens (including phenoxy) is 1. The first kappa shape index (κ1) is 17.7. The van der Waals surface area contributed by atoms with E-state index >= 15 is 0 Å². The number of benzene rings is 1. The van der Waals surface area contributed by atoms with Crippen molar-refractivity contribution in [2.75, 3.05) is 25.6 Å². The zero-order valence-electron chi connectivity index (χ0n) is 14.5. The number of anilines is 1. The summed E-state index contributed by atoms with van der Waals surface area (Å²) in [5.41, 5.74) is 1.36. The predicted molar refractivity (Wildman–Crippen MR) is 94.4 cm³/mol. The number of hydrogen-bond donors (Lipinski definition) is 1. The highest BCUT2D eigenvalue weighted by Crippen LogP contribution is 2.13. The quantitative estimate of drug-likeness (QED) is 0.755. The van der Waals surface area contributed by atoms with Gasteiger partial charge in [0.1, 0.15) is 5.75 Å². The summed E-state index contributed by atoms with van der Waals surface area (Å²) in [5.74, 6) is 1.27. The molecule has 1 heterocycles. The van der Waals surface area contributed by atoms with E-state index in [1.165, 1.54) is 0 Å². The molecule has 1 aromatic carbocycles. The van der Waals surface area contributed by atoms with Crippen LogP contribution in [-0.4, -0.2) is 36.6 Å². The highest BCUT2D eigenvalue weighted by molar-refractivity contribution is 5.94. The Labute approximate surface area is 142 Å². The van der Waals surface area contributed by atoms with E-state index in [0.29, 0.717) is 24.7 Å². The van der Waals surface area contributed by atoms with Crippen molar-refractivity contribution < 1.29 is 9.53 Å². The summed E-state index contributed by atoms with van der Waals surface area (Å²) in [6.07, 6.45) is 3.81. The van der Waals surface area contributed by atoms with Crippen LogP contribution < -0.4 is 15.0 Å². The average Bonchev–Trinajstić information content (AvgIpc) is 2.60. The molecular weight excluding hydrogens is 304 g/mol. The smallest absolute Gasteiger partial charge is 0.251 e. The number of nitrogens with one attached hydrogen (secondary N) is 1. The Bertz CT molecular complexity index is 656. The molecule has 0 fully saturated rings. The van der Waals surface area contributed by atoms with Gasteiger partial charge in [-0.15, -0.1) is 0 Å². The summed E-state index contributed by atoms with van der Waals surface area (Å²) in [7, 11) is 3.75. The van der Waals surface area contributed by atoms with Crippen LogP contribution in [0.3, 0.4) is 0 Å². The maximum Gasteiger partial charge on any atom is 0.251 e. The van der Waals surface area contributed by atoms with Crippen molar-refractivity contribution >= 4 is 11.9 Å². The van der Waals surface area contributed by atoms with Crippen LogP contribution in [0.25, 0.3) is 0 Å². The molecule has 0 bridgehead atoms. The van der Waals surface area contributed by atoms with Gasteiger partial charge in [0.15, 0.2) is 0 Å². The molecule has 2 rings (SSSR count). The van der Waals surface area contributed by atoms with Crippen LogP contribution in [0, 0.1) is 0 Å². The maximum absolute atomic E-state index is 12.2. The average molecular weight is 328 g/mol. The molecule has 0 radical (unpaired) electrons. The summed E-state index contributed by atoms with van der Waals surface area (Å²) >= 11 is 0. The third kappa shape index (κ3) is 5.22. The van der Waals surface area contributed by atoms with E-state index < -0.39 is 0 Å². The molecule has 0 aliphatic carbocycles. The van der Waals surface area contributed by atoms with E-state index in [-0.39, 0.29) is 5.91 Å². The lowest BCUT2D eigenvalue weighted by molar-refractivity contribution is 0.0950. The van der Waals surface area contributed by atoms with Gasteiger partial charge in [0, 0.05) is 25.9 Å². The lowest BCUT2D eigenvalue weighted by Gasteiger charge is -2.11. The minimum Gasteiger partial charge on any atom is -0.494 e. The van der Waals surface area contributed by atoms with Crippen molar-refractivity contribution in [3.8, 4) is 5.75 Å². The number of rotatable bonds is 8. The topological polar surface area (TPSA) is 67.3 Å². The third-order valence-corrected chi connectivity index (χ3v) is 3.41. The fourth-order valence-corrected chi connectivity index (χ4v) is 2.01. The van der Waals surface area contributed by atoms with Crippen molar-refractivity contribution in [3.63, 3.8) is 0 Å². The second kappa shape index (κ2) is 8.86. The van der Waals surface area contributed by atoms with Crippen LogP contribution in [-0.2, 0) is 6.54 Å². The predicted octanol–water partition coefficient (Wildman–Crippen LogP) is 2.65. The molecule has 0 saturated heterocycles. The first-order valence-electron chi connectivity index (χ1n) is 8.10. The number of aromatic nitrogens is 2. The molecule has 2 aromatic rings. The Morgan fingerprint density at radius 1 is 1.21 bits per heavy atom. The zero-order chi connectivity index (χ0) is 17.4. The summed E-state index contributed by atoms with van der Waals surface area (Å²) in [4.78, 5) is 22.6. The molecular formula is C18H24N4O2. The van der Waals surface area contributed by atoms with E-state index in [1.54, 1.807) is 24.4 Å². The molecule has 0 unspecified atom stereocenters. The van der Waals surface area contributed by atoms with Gasteiger partial charge >= 0.3 is 0 Å². The van der Waals surface area contributed by atoms with E-state index in [4.69, 9.17) is 4.74 Å².